The van der Waals surface area contributed by atoms with Gasteiger partial charge in [0.15, 0.2) is 0 Å². The molecule has 2 aliphatic rings. The zero-order chi connectivity index (χ0) is 24.6. The van der Waals surface area contributed by atoms with Crippen molar-refractivity contribution in [3.05, 3.63) is 77.4 Å². The molecular formula is C24H27F2N5O3Sn. The molecule has 1 unspecified atom stereocenters. The molecule has 0 aliphatic carbocycles. The van der Waals surface area contributed by atoms with E-state index in [-0.39, 0.29) is 32.9 Å². The van der Waals surface area contributed by atoms with Crippen LogP contribution in [0.3, 0.4) is 0 Å². The first-order chi connectivity index (χ1) is 17.0. The van der Waals surface area contributed by atoms with E-state index in [4.69, 9.17) is 0 Å². The van der Waals surface area contributed by atoms with Gasteiger partial charge in [-0.2, -0.15) is 8.78 Å². The van der Waals surface area contributed by atoms with Crippen LogP contribution in [0.15, 0.2) is 61.1 Å². The third-order valence-corrected chi connectivity index (χ3v) is 9.04. The number of quaternary nitrogens is 1. The number of fused-ring (bicyclic) bond motifs is 1. The minimum absolute atomic E-state index is 0.0696. The molecule has 8 nitrogen and oxygen atoms in total. The number of rotatable bonds is 4. The van der Waals surface area contributed by atoms with Crippen LogP contribution in [0.2, 0.25) is 8.87 Å². The van der Waals surface area contributed by atoms with Crippen molar-refractivity contribution in [2.45, 2.75) is 28.5 Å². The SMILES string of the molecule is O=C(Nc1cn(-c2cccc(OC(F)F)c2)cn1)N1C[CH2][Sn][CH2]C1.[O-][NH+]1CCc2ccccc2C1. The van der Waals surface area contributed by atoms with Crippen molar-refractivity contribution in [1.29, 1.82) is 0 Å². The molecule has 1 saturated heterocycles. The summed E-state index contributed by atoms with van der Waals surface area (Å²) in [7, 11) is 0. The molecule has 5 rings (SSSR count). The maximum atomic E-state index is 12.3. The smallest absolute Gasteiger partial charge is 0.103 e. The summed E-state index contributed by atoms with van der Waals surface area (Å²) in [5.74, 6) is 0.492. The number of aromatic nitrogens is 2. The number of halogens is 2. The van der Waals surface area contributed by atoms with E-state index in [9.17, 15) is 18.8 Å². The van der Waals surface area contributed by atoms with Crippen LogP contribution in [0.5, 0.6) is 5.75 Å². The number of nitrogens with zero attached hydrogens (tertiary/aromatic N) is 3. The quantitative estimate of drug-likeness (QED) is 0.362. The number of urea groups is 1. The van der Waals surface area contributed by atoms with Crippen molar-refractivity contribution in [3.8, 4) is 11.4 Å². The van der Waals surface area contributed by atoms with E-state index < -0.39 is 6.61 Å². The predicted octanol–water partition coefficient (Wildman–Crippen LogP) is 2.99. The number of ether oxygens (including phenoxy) is 1. The standard InChI is InChI=1S/C15H16F2N4O2.C9H11NO.Sn/c1-3-20(4-2)15(22)19-13-9-21(10-18-13)11-6-5-7-12(8-11)23-14(16)17;11-10-6-5-8-3-1-2-4-9(8)7-10;/h5-10,14H,1-4H2,(H,19,22);1-4,10H,5-7H2;. The van der Waals surface area contributed by atoms with Crippen LogP contribution >= 0.6 is 0 Å². The number of hydroxylamine groups is 2. The number of hydrogen-bond donors (Lipinski definition) is 2. The molecule has 0 saturated carbocycles. The Morgan fingerprint density at radius 2 is 1.91 bits per heavy atom. The summed E-state index contributed by atoms with van der Waals surface area (Å²) >= 11 is -0.227. The summed E-state index contributed by atoms with van der Waals surface area (Å²) < 4.78 is 33.0. The van der Waals surface area contributed by atoms with Gasteiger partial charge in [-0.25, -0.2) is 0 Å². The van der Waals surface area contributed by atoms with Gasteiger partial charge in [0.25, 0.3) is 0 Å². The summed E-state index contributed by atoms with van der Waals surface area (Å²) in [5.41, 5.74) is 3.20. The Labute approximate surface area is 212 Å². The van der Waals surface area contributed by atoms with Crippen LogP contribution in [0.1, 0.15) is 11.1 Å². The van der Waals surface area contributed by atoms with Gasteiger partial charge in [-0.15, -0.1) is 0 Å². The predicted molar refractivity (Wildman–Crippen MR) is 129 cm³/mol. The molecule has 2 N–H and O–H groups in total. The number of carbonyl (C=O) groups is 1. The Hall–Kier alpha value is -2.70. The third-order valence-electron chi connectivity index (χ3n) is 5.74. The summed E-state index contributed by atoms with van der Waals surface area (Å²) in [6, 6.07) is 14.3. The van der Waals surface area contributed by atoms with E-state index in [1.165, 1.54) is 38.5 Å². The minimum atomic E-state index is -2.87. The number of alkyl halides is 2. The normalized spacial score (nSPS) is 17.3. The van der Waals surface area contributed by atoms with Crippen LogP contribution in [0.4, 0.5) is 19.4 Å². The molecule has 2 aliphatic heterocycles. The van der Waals surface area contributed by atoms with Crippen LogP contribution in [-0.4, -0.2) is 67.9 Å². The molecular weight excluding hydrogens is 563 g/mol. The van der Waals surface area contributed by atoms with Gasteiger partial charge >= 0.3 is 139 Å². The average Bonchev–Trinajstić information content (AvgIpc) is 3.33. The van der Waals surface area contributed by atoms with E-state index in [0.29, 0.717) is 23.1 Å². The fourth-order valence-electron chi connectivity index (χ4n) is 3.95. The van der Waals surface area contributed by atoms with Gasteiger partial charge in [-0.1, -0.05) is 24.3 Å². The second-order valence-corrected chi connectivity index (χ2v) is 12.5. The van der Waals surface area contributed by atoms with Crippen molar-refractivity contribution < 1.29 is 23.4 Å². The molecule has 184 valence electrons. The van der Waals surface area contributed by atoms with Gasteiger partial charge in [0.2, 0.25) is 0 Å². The number of nitrogens with one attached hydrogen (secondary N) is 2. The molecule has 2 aromatic carbocycles. The molecule has 2 amide bonds. The maximum Gasteiger partial charge on any atom is 0.103 e. The van der Waals surface area contributed by atoms with Crippen molar-refractivity contribution in [2.75, 3.05) is 25.0 Å². The molecule has 1 fully saturated rings. The second-order valence-electron chi connectivity index (χ2n) is 8.19. The number of benzene rings is 2. The largest absolute Gasteiger partial charge is 0.634 e. The van der Waals surface area contributed by atoms with Crippen molar-refractivity contribution in [1.82, 2.24) is 14.5 Å². The van der Waals surface area contributed by atoms with Crippen molar-refractivity contribution in [3.63, 3.8) is 0 Å². The van der Waals surface area contributed by atoms with E-state index >= 15 is 0 Å². The zero-order valence-electron chi connectivity index (χ0n) is 19.1. The fourth-order valence-corrected chi connectivity index (χ4v) is 7.11. The molecule has 35 heavy (non-hydrogen) atoms. The van der Waals surface area contributed by atoms with Crippen LogP contribution in [0, 0.1) is 5.21 Å². The number of imidazole rings is 1. The fraction of sp³-hybridized carbons (Fsp3) is 0.333. The molecule has 3 aromatic rings. The Morgan fingerprint density at radius 3 is 2.69 bits per heavy atom. The van der Waals surface area contributed by atoms with Gasteiger partial charge in [0.05, 0.1) is 6.54 Å². The number of carbonyl (C=O) groups excluding carboxylic acids is 1. The maximum absolute atomic E-state index is 12.3. The summed E-state index contributed by atoms with van der Waals surface area (Å²) in [5, 5.41) is 14.2. The Kier molecular flexibility index (Phi) is 8.94. The van der Waals surface area contributed by atoms with Gasteiger partial charge < -0.3 is 10.3 Å². The van der Waals surface area contributed by atoms with E-state index in [1.807, 2.05) is 18.2 Å². The van der Waals surface area contributed by atoms with E-state index in [1.54, 1.807) is 27.8 Å². The van der Waals surface area contributed by atoms with Crippen LogP contribution in [-0.2, 0) is 13.0 Å². The first kappa shape index (κ1) is 25.4. The molecule has 1 aromatic heterocycles. The van der Waals surface area contributed by atoms with Crippen LogP contribution < -0.4 is 15.1 Å². The summed E-state index contributed by atoms with van der Waals surface area (Å²) in [4.78, 5) is 18.1. The first-order valence-corrected chi connectivity index (χ1v) is 15.5. The van der Waals surface area contributed by atoms with Gasteiger partial charge in [0.1, 0.15) is 6.54 Å². The zero-order valence-corrected chi connectivity index (χ0v) is 22.0. The van der Waals surface area contributed by atoms with Crippen LogP contribution in [0.25, 0.3) is 5.69 Å². The summed E-state index contributed by atoms with van der Waals surface area (Å²) in [6.07, 6.45) is 4.09. The summed E-state index contributed by atoms with van der Waals surface area (Å²) in [6.45, 7) is 0.163. The third kappa shape index (κ3) is 7.39. The Morgan fingerprint density at radius 1 is 1.14 bits per heavy atom. The Bertz CT molecular complexity index is 1120. The molecule has 0 bridgehead atoms. The van der Waals surface area contributed by atoms with Gasteiger partial charge in [-0.3, -0.25) is 0 Å². The molecule has 0 spiro atoms. The number of anilines is 1. The van der Waals surface area contributed by atoms with Crippen molar-refractivity contribution >= 4 is 33.0 Å². The van der Waals surface area contributed by atoms with Crippen molar-refractivity contribution in [2.24, 2.45) is 0 Å². The van der Waals surface area contributed by atoms with Gasteiger partial charge in [0, 0.05) is 12.0 Å². The van der Waals surface area contributed by atoms with E-state index in [0.717, 1.165) is 26.1 Å². The topological polar surface area (TPSA) is 86.9 Å². The van der Waals surface area contributed by atoms with E-state index in [2.05, 4.69) is 21.1 Å². The second kappa shape index (κ2) is 12.3. The molecule has 2 radical (unpaired) electrons. The number of hydrogen-bond acceptors (Lipinski definition) is 4. The number of amides is 2. The van der Waals surface area contributed by atoms with Gasteiger partial charge in [-0.05, 0) is 5.56 Å². The molecule has 3 heterocycles. The monoisotopic (exact) mass is 591 g/mol. The molecule has 11 heteroatoms. The first-order valence-electron chi connectivity index (χ1n) is 11.4. The minimum Gasteiger partial charge on any atom is -0.634 e. The molecule has 1 atom stereocenters. The average molecular weight is 590 g/mol. The Balaban J connectivity index is 0.000000218.